The molecule has 146 valence electrons. The third kappa shape index (κ3) is 2.71. The lowest BCUT2D eigenvalue weighted by molar-refractivity contribution is -0.137. The second-order valence-corrected chi connectivity index (χ2v) is 6.91. The fourth-order valence-corrected chi connectivity index (χ4v) is 3.86. The second kappa shape index (κ2) is 6.25. The van der Waals surface area contributed by atoms with Gasteiger partial charge in [-0.2, -0.15) is 13.2 Å². The van der Waals surface area contributed by atoms with Crippen LogP contribution in [0.1, 0.15) is 34.5 Å². The lowest BCUT2D eigenvalue weighted by Crippen LogP contribution is -2.30. The van der Waals surface area contributed by atoms with E-state index in [1.165, 1.54) is 12.1 Å². The monoisotopic (exact) mass is 388 g/mol. The Bertz CT molecular complexity index is 968. The summed E-state index contributed by atoms with van der Waals surface area (Å²) in [5, 5.41) is 2.61. The maximum absolute atomic E-state index is 12.9. The number of carbonyl (C=O) groups is 1. The highest BCUT2D eigenvalue weighted by Gasteiger charge is 2.46. The van der Waals surface area contributed by atoms with E-state index in [1.54, 1.807) is 13.1 Å². The number of rotatable bonds is 2. The van der Waals surface area contributed by atoms with Gasteiger partial charge in [0.1, 0.15) is 0 Å². The first kappa shape index (κ1) is 18.3. The van der Waals surface area contributed by atoms with E-state index in [2.05, 4.69) is 5.32 Å². The lowest BCUT2D eigenvalue weighted by atomic mass is 10.0. The molecule has 2 unspecified atom stereocenters. The van der Waals surface area contributed by atoms with Crippen molar-refractivity contribution in [2.45, 2.75) is 25.3 Å². The minimum Gasteiger partial charge on any atom is -0.355 e. The second-order valence-electron chi connectivity index (χ2n) is 6.91. The van der Waals surface area contributed by atoms with Gasteiger partial charge in [-0.25, -0.2) is 4.99 Å². The van der Waals surface area contributed by atoms with Gasteiger partial charge in [0, 0.05) is 36.6 Å². The van der Waals surface area contributed by atoms with Gasteiger partial charge in [-0.15, -0.1) is 0 Å². The smallest absolute Gasteiger partial charge is 0.355 e. The van der Waals surface area contributed by atoms with Gasteiger partial charge in [0.05, 0.1) is 17.4 Å². The van der Waals surface area contributed by atoms with E-state index in [1.807, 2.05) is 35.9 Å². The standard InChI is InChI=1S/C20H19F3N4O/c1-11-25-18-17(26(11)3)15-10-12(19(28)24-2)4-9-16(15)27(18)14-7-5-13(6-8-14)20(21,22)23/h4-10,17-18H,1-3H3,(H,24,28). The number of fused-ring (bicyclic) bond motifs is 3. The number of hydrogen-bond acceptors (Lipinski definition) is 4. The fourth-order valence-electron chi connectivity index (χ4n) is 3.86. The van der Waals surface area contributed by atoms with Gasteiger partial charge in [-0.1, -0.05) is 0 Å². The van der Waals surface area contributed by atoms with Crippen molar-refractivity contribution in [3.8, 4) is 0 Å². The largest absolute Gasteiger partial charge is 0.416 e. The van der Waals surface area contributed by atoms with Crippen LogP contribution in [-0.2, 0) is 6.18 Å². The topological polar surface area (TPSA) is 47.9 Å². The number of anilines is 2. The molecule has 4 rings (SSSR count). The predicted molar refractivity (Wildman–Crippen MR) is 101 cm³/mol. The highest BCUT2D eigenvalue weighted by Crippen LogP contribution is 2.49. The number of alkyl halides is 3. The number of aliphatic imine (C=N–C) groups is 1. The van der Waals surface area contributed by atoms with E-state index in [0.717, 1.165) is 29.2 Å². The summed E-state index contributed by atoms with van der Waals surface area (Å²) in [5.74, 6) is 0.647. The molecule has 1 N–H and O–H groups in total. The predicted octanol–water partition coefficient (Wildman–Crippen LogP) is 3.95. The number of carbonyl (C=O) groups excluding carboxylic acids is 1. The van der Waals surface area contributed by atoms with Crippen LogP contribution in [0.5, 0.6) is 0 Å². The maximum atomic E-state index is 12.9. The van der Waals surface area contributed by atoms with Crippen LogP contribution < -0.4 is 10.2 Å². The molecule has 2 atom stereocenters. The van der Waals surface area contributed by atoms with E-state index in [-0.39, 0.29) is 18.1 Å². The Balaban J connectivity index is 1.81. The average molecular weight is 388 g/mol. The summed E-state index contributed by atoms with van der Waals surface area (Å²) in [5.41, 5.74) is 2.23. The SMILES string of the molecule is CNC(=O)c1ccc2c(c1)C1C(N=C(C)N1C)N2c1ccc(C(F)(F)F)cc1. The van der Waals surface area contributed by atoms with E-state index in [4.69, 9.17) is 4.99 Å². The maximum Gasteiger partial charge on any atom is 0.416 e. The first-order valence-corrected chi connectivity index (χ1v) is 8.82. The molecule has 0 fully saturated rings. The zero-order valence-electron chi connectivity index (χ0n) is 15.6. The molecule has 0 aromatic heterocycles. The molecule has 0 aliphatic carbocycles. The molecule has 2 aliphatic rings. The molecule has 0 bridgehead atoms. The van der Waals surface area contributed by atoms with Gasteiger partial charge < -0.3 is 15.1 Å². The summed E-state index contributed by atoms with van der Waals surface area (Å²) in [7, 11) is 3.50. The summed E-state index contributed by atoms with van der Waals surface area (Å²) in [6.45, 7) is 1.89. The van der Waals surface area contributed by atoms with Crippen molar-refractivity contribution >= 4 is 23.1 Å². The number of benzene rings is 2. The first-order chi connectivity index (χ1) is 13.2. The number of likely N-dealkylation sites (N-methyl/N-ethyl adjacent to an activating group) is 1. The number of hydrogen-bond donors (Lipinski definition) is 1. The number of nitrogens with one attached hydrogen (secondary N) is 1. The van der Waals surface area contributed by atoms with Gasteiger partial charge in [-0.3, -0.25) is 4.79 Å². The van der Waals surface area contributed by atoms with E-state index >= 15 is 0 Å². The molecule has 2 heterocycles. The van der Waals surface area contributed by atoms with Crippen LogP contribution in [0.2, 0.25) is 0 Å². The van der Waals surface area contributed by atoms with E-state index in [0.29, 0.717) is 11.3 Å². The van der Waals surface area contributed by atoms with Crippen LogP contribution in [-0.4, -0.2) is 36.9 Å². The lowest BCUT2D eigenvalue weighted by Gasteiger charge is -2.26. The third-order valence-electron chi connectivity index (χ3n) is 5.36. The van der Waals surface area contributed by atoms with Gasteiger partial charge >= 0.3 is 6.18 Å². The van der Waals surface area contributed by atoms with Crippen LogP contribution in [0.25, 0.3) is 0 Å². The number of amidine groups is 1. The van der Waals surface area contributed by atoms with Gasteiger partial charge in [0.25, 0.3) is 5.91 Å². The van der Waals surface area contributed by atoms with Crippen LogP contribution in [0, 0.1) is 0 Å². The van der Waals surface area contributed by atoms with Crippen molar-refractivity contribution in [3.05, 3.63) is 59.2 Å². The van der Waals surface area contributed by atoms with Crippen molar-refractivity contribution in [2.24, 2.45) is 4.99 Å². The van der Waals surface area contributed by atoms with Crippen LogP contribution in [0.3, 0.4) is 0 Å². The summed E-state index contributed by atoms with van der Waals surface area (Å²) in [6, 6.07) is 10.4. The zero-order chi connectivity index (χ0) is 20.2. The molecule has 5 nitrogen and oxygen atoms in total. The zero-order valence-corrected chi connectivity index (χ0v) is 15.6. The summed E-state index contributed by atoms with van der Waals surface area (Å²) in [4.78, 5) is 20.7. The minimum absolute atomic E-state index is 0.109. The molecule has 0 saturated heterocycles. The van der Waals surface area contributed by atoms with Gasteiger partial charge in [-0.05, 0) is 49.4 Å². The van der Waals surface area contributed by atoms with Crippen molar-refractivity contribution in [2.75, 3.05) is 19.0 Å². The molecule has 8 heteroatoms. The molecular weight excluding hydrogens is 369 g/mol. The molecule has 0 saturated carbocycles. The quantitative estimate of drug-likeness (QED) is 0.848. The highest BCUT2D eigenvalue weighted by atomic mass is 19.4. The van der Waals surface area contributed by atoms with Crippen LogP contribution in [0.4, 0.5) is 24.5 Å². The van der Waals surface area contributed by atoms with Gasteiger partial charge in [0.2, 0.25) is 0 Å². The molecule has 0 spiro atoms. The Kier molecular flexibility index (Phi) is 4.10. The summed E-state index contributed by atoms with van der Waals surface area (Å²) in [6.07, 6.45) is -4.67. The molecule has 2 aliphatic heterocycles. The van der Waals surface area contributed by atoms with Crippen molar-refractivity contribution in [1.82, 2.24) is 10.2 Å². The van der Waals surface area contributed by atoms with Crippen LogP contribution >= 0.6 is 0 Å². The molecule has 0 radical (unpaired) electrons. The van der Waals surface area contributed by atoms with Gasteiger partial charge in [0.15, 0.2) is 6.17 Å². The molecule has 28 heavy (non-hydrogen) atoms. The first-order valence-electron chi connectivity index (χ1n) is 8.82. The van der Waals surface area contributed by atoms with Crippen molar-refractivity contribution in [1.29, 1.82) is 0 Å². The average Bonchev–Trinajstić information content (AvgIpc) is 3.13. The molecular formula is C20H19F3N4O. The normalized spacial score (nSPS) is 20.7. The van der Waals surface area contributed by atoms with Crippen molar-refractivity contribution < 1.29 is 18.0 Å². The van der Waals surface area contributed by atoms with E-state index < -0.39 is 11.7 Å². The Hall–Kier alpha value is -3.03. The molecule has 1 amide bonds. The number of nitrogens with zero attached hydrogens (tertiary/aromatic N) is 3. The van der Waals surface area contributed by atoms with Crippen LogP contribution in [0.15, 0.2) is 47.5 Å². The summed E-state index contributed by atoms with van der Waals surface area (Å²) < 4.78 is 38.8. The Morgan fingerprint density at radius 1 is 1.14 bits per heavy atom. The minimum atomic E-state index is -4.38. The fraction of sp³-hybridized carbons (Fsp3) is 0.300. The van der Waals surface area contributed by atoms with Crippen molar-refractivity contribution in [3.63, 3.8) is 0 Å². The Morgan fingerprint density at radius 2 is 1.82 bits per heavy atom. The number of halogens is 3. The van der Waals surface area contributed by atoms with E-state index in [9.17, 15) is 18.0 Å². The molecule has 2 aromatic rings. The summed E-state index contributed by atoms with van der Waals surface area (Å²) >= 11 is 0. The Morgan fingerprint density at radius 3 is 2.43 bits per heavy atom. The number of amides is 1. The third-order valence-corrected chi connectivity index (χ3v) is 5.36. The molecule has 2 aromatic carbocycles. The highest BCUT2D eigenvalue weighted by molar-refractivity contribution is 5.96. The Labute approximate surface area is 160 Å².